The number of benzene rings is 2. The van der Waals surface area contributed by atoms with Crippen molar-refractivity contribution in [1.82, 2.24) is 24.6 Å². The number of aliphatic carboxylic acids is 1. The van der Waals surface area contributed by atoms with E-state index in [1.54, 1.807) is 6.92 Å². The topological polar surface area (TPSA) is 174 Å². The number of carbonyl (C=O) groups excluding carboxylic acids is 1. The molecule has 0 saturated carbocycles. The first kappa shape index (κ1) is 31.7. The lowest BCUT2D eigenvalue weighted by Gasteiger charge is -2.26. The number of halogens is 4. The number of carboxylic acids is 1. The van der Waals surface area contributed by atoms with E-state index in [0.29, 0.717) is 35.2 Å². The lowest BCUT2D eigenvalue weighted by molar-refractivity contribution is -0.137. The van der Waals surface area contributed by atoms with Crippen LogP contribution in [0.1, 0.15) is 6.92 Å². The van der Waals surface area contributed by atoms with Crippen molar-refractivity contribution in [2.45, 2.75) is 18.4 Å². The van der Waals surface area contributed by atoms with E-state index in [-0.39, 0.29) is 33.7 Å². The first-order valence-corrected chi connectivity index (χ1v) is 13.9. The molecule has 0 fully saturated rings. The highest BCUT2D eigenvalue weighted by atomic mass is 32.2. The lowest BCUT2D eigenvalue weighted by atomic mass is 10.0. The number of ether oxygens (including phenoxy) is 1. The molecule has 2 heterocycles. The molecule has 0 saturated heterocycles. The van der Waals surface area contributed by atoms with Gasteiger partial charge in [0.15, 0.2) is 12.5 Å². The molecule has 0 bridgehead atoms. The minimum atomic E-state index is -5.27. The molecular formula is C26H23F4N7O6S. The first-order chi connectivity index (χ1) is 20.7. The summed E-state index contributed by atoms with van der Waals surface area (Å²) in [5.74, 6) is -6.91. The van der Waals surface area contributed by atoms with Gasteiger partial charge in [-0.15, -0.1) is 0 Å². The van der Waals surface area contributed by atoms with Crippen LogP contribution in [0.4, 0.5) is 34.0 Å². The molecular weight excluding hydrogens is 614 g/mol. The summed E-state index contributed by atoms with van der Waals surface area (Å²) >= 11 is 0. The minimum absolute atomic E-state index is 0.0643. The molecule has 232 valence electrons. The summed E-state index contributed by atoms with van der Waals surface area (Å²) in [6.07, 6.45) is 1.35. The summed E-state index contributed by atoms with van der Waals surface area (Å²) in [4.78, 5) is 30.5. The van der Waals surface area contributed by atoms with Gasteiger partial charge in [-0.05, 0) is 43.3 Å². The van der Waals surface area contributed by atoms with Gasteiger partial charge in [0.25, 0.3) is 10.0 Å². The number of carboxylic acid groups (broad SMARTS) is 1. The van der Waals surface area contributed by atoms with Gasteiger partial charge in [-0.2, -0.15) is 5.10 Å². The zero-order chi connectivity index (χ0) is 32.3. The summed E-state index contributed by atoms with van der Waals surface area (Å²) in [5, 5.41) is 13.1. The molecule has 0 aliphatic carbocycles. The number of aryl methyl sites for hydroxylation is 1. The fourth-order valence-corrected chi connectivity index (χ4v) is 5.39. The Morgan fingerprint density at radius 1 is 1.09 bits per heavy atom. The van der Waals surface area contributed by atoms with Gasteiger partial charge in [0.05, 0.1) is 16.9 Å². The fraction of sp³-hybridized carbons (Fsp3) is 0.192. The molecule has 4 aromatic rings. The lowest BCUT2D eigenvalue weighted by Crippen LogP contribution is -2.39. The third-order valence-electron chi connectivity index (χ3n) is 6.06. The molecule has 13 nitrogen and oxygen atoms in total. The number of rotatable bonds is 10. The Kier molecular flexibility index (Phi) is 9.03. The number of aromatic nitrogens is 4. The Morgan fingerprint density at radius 2 is 1.80 bits per heavy atom. The molecule has 0 aliphatic heterocycles. The van der Waals surface area contributed by atoms with Crippen molar-refractivity contribution in [1.29, 1.82) is 0 Å². The Hall–Kier alpha value is -5.26. The Balaban J connectivity index is 1.91. The van der Waals surface area contributed by atoms with Crippen LogP contribution in [-0.2, 0) is 26.1 Å². The Bertz CT molecular complexity index is 1850. The van der Waals surface area contributed by atoms with Crippen molar-refractivity contribution in [3.8, 4) is 22.5 Å². The predicted molar refractivity (Wildman–Crippen MR) is 146 cm³/mol. The predicted octanol–water partition coefficient (Wildman–Crippen LogP) is 3.47. The number of likely N-dealkylation sites (N-methyl/N-ethyl adjacent to an activating group) is 1. The molecule has 0 spiro atoms. The largest absolute Gasteiger partial charge is 0.480 e. The van der Waals surface area contributed by atoms with Crippen LogP contribution in [0.15, 0.2) is 53.7 Å². The zero-order valence-corrected chi connectivity index (χ0v) is 23.7. The van der Waals surface area contributed by atoms with Gasteiger partial charge in [-0.25, -0.2) is 45.0 Å². The van der Waals surface area contributed by atoms with Gasteiger partial charge >= 0.3 is 12.1 Å². The van der Waals surface area contributed by atoms with E-state index < -0.39 is 74.8 Å². The van der Waals surface area contributed by atoms with Crippen molar-refractivity contribution in [2.24, 2.45) is 0 Å². The van der Waals surface area contributed by atoms with E-state index in [9.17, 15) is 26.8 Å². The second-order valence-corrected chi connectivity index (χ2v) is 10.9. The number of hydrogen-bond donors (Lipinski definition) is 2. The summed E-state index contributed by atoms with van der Waals surface area (Å²) in [5.41, 5.74) is 3.77. The number of nitrogen functional groups attached to an aromatic ring is 1. The molecule has 0 unspecified atom stereocenters. The second kappa shape index (κ2) is 12.5. The van der Waals surface area contributed by atoms with Crippen molar-refractivity contribution in [3.05, 3.63) is 72.1 Å². The van der Waals surface area contributed by atoms with Crippen LogP contribution in [0.3, 0.4) is 0 Å². The molecule has 44 heavy (non-hydrogen) atoms. The fourth-order valence-electron chi connectivity index (χ4n) is 3.98. The minimum Gasteiger partial charge on any atom is -0.480 e. The third-order valence-corrected chi connectivity index (χ3v) is 7.81. The standard InChI is InChI=1S/C26H23F4N7O6S/c1-3-36-11-15(18-8-9-32-25(31)33-18)24(34-36)22-17(29)6-7-19(23(22)30)37(13-43-26(40)35(2)12-21(38)39)44(41,42)20-10-14(27)4-5-16(20)28/h4-11H,3,12-13H2,1-2H3,(H,38,39)(H2,31,32,33). The molecule has 2 aromatic carbocycles. The number of carbonyl (C=O) groups is 2. The summed E-state index contributed by atoms with van der Waals surface area (Å²) < 4.78 is 94.0. The highest BCUT2D eigenvalue weighted by molar-refractivity contribution is 7.92. The number of anilines is 2. The number of nitrogens with zero attached hydrogens (tertiary/aromatic N) is 6. The zero-order valence-electron chi connectivity index (χ0n) is 22.9. The summed E-state index contributed by atoms with van der Waals surface area (Å²) in [6.45, 7) is -0.275. The van der Waals surface area contributed by atoms with Gasteiger partial charge in [0.2, 0.25) is 5.95 Å². The van der Waals surface area contributed by atoms with E-state index in [1.807, 2.05) is 0 Å². The third kappa shape index (κ3) is 6.38. The van der Waals surface area contributed by atoms with Gasteiger partial charge < -0.3 is 20.5 Å². The molecule has 0 radical (unpaired) electrons. The molecule has 1 amide bonds. The van der Waals surface area contributed by atoms with Crippen LogP contribution in [0.2, 0.25) is 0 Å². The van der Waals surface area contributed by atoms with Gasteiger partial charge in [-0.3, -0.25) is 9.48 Å². The second-order valence-electron chi connectivity index (χ2n) is 9.02. The smallest absolute Gasteiger partial charge is 0.411 e. The van der Waals surface area contributed by atoms with Crippen molar-refractivity contribution < 1.29 is 45.4 Å². The van der Waals surface area contributed by atoms with Crippen LogP contribution in [0.25, 0.3) is 22.5 Å². The van der Waals surface area contributed by atoms with Crippen LogP contribution >= 0.6 is 0 Å². The van der Waals surface area contributed by atoms with Crippen LogP contribution in [-0.4, -0.2) is 70.6 Å². The highest BCUT2D eigenvalue weighted by Crippen LogP contribution is 2.38. The number of hydrogen-bond acceptors (Lipinski definition) is 9. The molecule has 2 aromatic heterocycles. The maximum absolute atomic E-state index is 16.4. The Morgan fingerprint density at radius 3 is 2.45 bits per heavy atom. The maximum Gasteiger partial charge on any atom is 0.411 e. The molecule has 0 atom stereocenters. The summed E-state index contributed by atoms with van der Waals surface area (Å²) in [6, 6.07) is 4.24. The monoisotopic (exact) mass is 637 g/mol. The quantitative estimate of drug-likeness (QED) is 0.194. The van der Waals surface area contributed by atoms with Crippen LogP contribution < -0.4 is 10.0 Å². The van der Waals surface area contributed by atoms with Crippen LogP contribution in [0, 0.1) is 23.3 Å². The van der Waals surface area contributed by atoms with E-state index in [0.717, 1.165) is 7.05 Å². The van der Waals surface area contributed by atoms with E-state index in [1.165, 1.54) is 23.1 Å². The number of amides is 1. The van der Waals surface area contributed by atoms with E-state index in [2.05, 4.69) is 15.1 Å². The molecule has 0 aliphatic rings. The van der Waals surface area contributed by atoms with E-state index >= 15 is 8.78 Å². The number of nitrogens with two attached hydrogens (primary N) is 1. The molecule has 18 heteroatoms. The van der Waals surface area contributed by atoms with Crippen molar-refractivity contribution in [2.75, 3.05) is 30.4 Å². The highest BCUT2D eigenvalue weighted by Gasteiger charge is 2.34. The molecule has 4 rings (SSSR count). The van der Waals surface area contributed by atoms with E-state index in [4.69, 9.17) is 15.6 Å². The van der Waals surface area contributed by atoms with Crippen molar-refractivity contribution in [3.63, 3.8) is 0 Å². The Labute approximate surface area is 247 Å². The first-order valence-electron chi connectivity index (χ1n) is 12.5. The van der Waals surface area contributed by atoms with Gasteiger partial charge in [0, 0.05) is 31.5 Å². The summed E-state index contributed by atoms with van der Waals surface area (Å²) in [7, 11) is -4.25. The van der Waals surface area contributed by atoms with Gasteiger partial charge in [0.1, 0.15) is 34.6 Å². The SMILES string of the molecule is CCn1cc(-c2ccnc(N)n2)c(-c2c(F)ccc(N(COC(=O)N(C)CC(=O)O)S(=O)(=O)c3cc(F)ccc3F)c2F)n1. The number of sulfonamides is 1. The van der Waals surface area contributed by atoms with Gasteiger partial charge in [-0.1, -0.05) is 0 Å². The maximum atomic E-state index is 16.4. The average molecular weight is 638 g/mol. The average Bonchev–Trinajstić information content (AvgIpc) is 3.39. The normalized spacial score (nSPS) is 11.3. The van der Waals surface area contributed by atoms with Crippen LogP contribution in [0.5, 0.6) is 0 Å². The molecule has 3 N–H and O–H groups in total. The van der Waals surface area contributed by atoms with Crippen molar-refractivity contribution >= 4 is 33.7 Å².